The Hall–Kier alpha value is -3.62. The standard InChI is InChI=1S/C26H25ClN2O5S/c1-3-17-29(21-13-9-6-10-14-21)35(32,33)22-15-16-24(27)23(18-22)26(31)34-19-25(30)28(4-2)20-11-7-5-8-12-20/h3,5-16,18H,1,4,17,19H2,2H3. The van der Waals surface area contributed by atoms with Gasteiger partial charge in [-0.25, -0.2) is 13.2 Å². The molecule has 0 heterocycles. The molecule has 7 nitrogen and oxygen atoms in total. The maximum atomic E-state index is 13.4. The molecular formula is C26H25ClN2O5S. The zero-order valence-electron chi connectivity index (χ0n) is 19.1. The van der Waals surface area contributed by atoms with Gasteiger partial charge in [0.2, 0.25) is 0 Å². The number of sulfonamides is 1. The number of ether oxygens (including phenoxy) is 1. The van der Waals surface area contributed by atoms with Gasteiger partial charge in [-0.2, -0.15) is 0 Å². The normalized spacial score (nSPS) is 10.9. The zero-order chi connectivity index (χ0) is 25.4. The average Bonchev–Trinajstić information content (AvgIpc) is 2.87. The molecule has 35 heavy (non-hydrogen) atoms. The maximum Gasteiger partial charge on any atom is 0.340 e. The van der Waals surface area contributed by atoms with Gasteiger partial charge in [0.15, 0.2) is 6.61 Å². The van der Waals surface area contributed by atoms with Gasteiger partial charge in [-0.15, -0.1) is 6.58 Å². The third-order valence-electron chi connectivity index (χ3n) is 5.10. The minimum atomic E-state index is -4.05. The van der Waals surface area contributed by atoms with Crippen LogP contribution in [-0.2, 0) is 19.6 Å². The second-order valence-electron chi connectivity index (χ2n) is 7.35. The van der Waals surface area contributed by atoms with E-state index in [9.17, 15) is 18.0 Å². The number of likely N-dealkylation sites (N-methyl/N-ethyl adjacent to an activating group) is 1. The third-order valence-corrected chi connectivity index (χ3v) is 7.22. The molecule has 0 fully saturated rings. The molecule has 0 aliphatic carbocycles. The number of para-hydroxylation sites is 2. The summed E-state index contributed by atoms with van der Waals surface area (Å²) in [7, 11) is -4.05. The molecule has 9 heteroatoms. The number of amides is 1. The third kappa shape index (κ3) is 6.09. The van der Waals surface area contributed by atoms with Crippen molar-refractivity contribution in [1.82, 2.24) is 0 Å². The van der Waals surface area contributed by atoms with Crippen molar-refractivity contribution in [2.24, 2.45) is 0 Å². The molecule has 0 unspecified atom stereocenters. The minimum Gasteiger partial charge on any atom is -0.452 e. The lowest BCUT2D eigenvalue weighted by Gasteiger charge is -2.23. The smallest absolute Gasteiger partial charge is 0.340 e. The number of nitrogens with zero attached hydrogens (tertiary/aromatic N) is 2. The number of hydrogen-bond donors (Lipinski definition) is 0. The summed E-state index contributed by atoms with van der Waals surface area (Å²) in [5, 5.41) is 0.00629. The molecule has 0 saturated carbocycles. The summed E-state index contributed by atoms with van der Waals surface area (Å²) >= 11 is 6.18. The van der Waals surface area contributed by atoms with Crippen molar-refractivity contribution in [2.75, 3.05) is 28.9 Å². The van der Waals surface area contributed by atoms with Crippen molar-refractivity contribution in [3.8, 4) is 0 Å². The summed E-state index contributed by atoms with van der Waals surface area (Å²) in [4.78, 5) is 26.7. The van der Waals surface area contributed by atoms with E-state index in [1.807, 2.05) is 6.07 Å². The molecular weight excluding hydrogens is 488 g/mol. The fourth-order valence-corrected chi connectivity index (χ4v) is 5.05. The van der Waals surface area contributed by atoms with Crippen molar-refractivity contribution in [3.05, 3.63) is 102 Å². The molecule has 0 radical (unpaired) electrons. The summed E-state index contributed by atoms with van der Waals surface area (Å²) in [5.74, 6) is -1.33. The quantitative estimate of drug-likeness (QED) is 0.284. The van der Waals surface area contributed by atoms with Crippen LogP contribution in [0.1, 0.15) is 17.3 Å². The van der Waals surface area contributed by atoms with Gasteiger partial charge in [-0.1, -0.05) is 54.1 Å². The summed E-state index contributed by atoms with van der Waals surface area (Å²) in [6, 6.07) is 21.3. The van der Waals surface area contributed by atoms with Crippen LogP contribution in [0.3, 0.4) is 0 Å². The second kappa shape index (κ2) is 11.7. The van der Waals surface area contributed by atoms with E-state index < -0.39 is 28.5 Å². The van der Waals surface area contributed by atoms with Gasteiger partial charge >= 0.3 is 5.97 Å². The summed E-state index contributed by atoms with van der Waals surface area (Å²) in [6.07, 6.45) is 1.47. The monoisotopic (exact) mass is 512 g/mol. The molecule has 0 aliphatic heterocycles. The lowest BCUT2D eigenvalue weighted by atomic mass is 10.2. The Morgan fingerprint density at radius 1 is 0.971 bits per heavy atom. The van der Waals surface area contributed by atoms with Crippen molar-refractivity contribution in [3.63, 3.8) is 0 Å². The van der Waals surface area contributed by atoms with Crippen LogP contribution in [0.15, 0.2) is 96.4 Å². The first-order valence-electron chi connectivity index (χ1n) is 10.8. The van der Waals surface area contributed by atoms with Crippen LogP contribution in [0, 0.1) is 0 Å². The number of benzene rings is 3. The van der Waals surface area contributed by atoms with Gasteiger partial charge in [-0.3, -0.25) is 9.10 Å². The summed E-state index contributed by atoms with van der Waals surface area (Å²) < 4.78 is 33.1. The average molecular weight is 513 g/mol. The zero-order valence-corrected chi connectivity index (χ0v) is 20.7. The van der Waals surface area contributed by atoms with Crippen molar-refractivity contribution in [1.29, 1.82) is 0 Å². The van der Waals surface area contributed by atoms with Gasteiger partial charge in [0.25, 0.3) is 15.9 Å². The van der Waals surface area contributed by atoms with E-state index in [4.69, 9.17) is 16.3 Å². The number of anilines is 2. The van der Waals surface area contributed by atoms with Gasteiger partial charge in [0.1, 0.15) is 0 Å². The minimum absolute atomic E-state index is 0.00629. The Balaban J connectivity index is 1.82. The Kier molecular flexibility index (Phi) is 8.68. The molecule has 1 amide bonds. The molecule has 0 atom stereocenters. The van der Waals surface area contributed by atoms with Crippen LogP contribution < -0.4 is 9.21 Å². The van der Waals surface area contributed by atoms with Crippen LogP contribution in [0.4, 0.5) is 11.4 Å². The van der Waals surface area contributed by atoms with E-state index in [0.717, 1.165) is 6.07 Å². The first-order valence-corrected chi connectivity index (χ1v) is 12.6. The van der Waals surface area contributed by atoms with Crippen molar-refractivity contribution < 1.29 is 22.7 Å². The highest BCUT2D eigenvalue weighted by atomic mass is 35.5. The van der Waals surface area contributed by atoms with Crippen molar-refractivity contribution >= 4 is 44.9 Å². The first kappa shape index (κ1) is 26.0. The summed E-state index contributed by atoms with van der Waals surface area (Å²) in [6.45, 7) is 5.32. The van der Waals surface area contributed by atoms with Crippen LogP contribution in [0.5, 0.6) is 0 Å². The van der Waals surface area contributed by atoms with E-state index in [1.165, 1.54) is 27.4 Å². The molecule has 3 aromatic rings. The number of rotatable bonds is 10. The fraction of sp³-hybridized carbons (Fsp3) is 0.154. The number of hydrogen-bond acceptors (Lipinski definition) is 5. The van der Waals surface area contributed by atoms with Crippen LogP contribution in [0.25, 0.3) is 0 Å². The number of carbonyl (C=O) groups is 2. The van der Waals surface area contributed by atoms with E-state index in [0.29, 0.717) is 17.9 Å². The Bertz CT molecular complexity index is 1300. The highest BCUT2D eigenvalue weighted by molar-refractivity contribution is 7.92. The lowest BCUT2D eigenvalue weighted by molar-refractivity contribution is -0.121. The molecule has 3 aromatic carbocycles. The predicted molar refractivity (Wildman–Crippen MR) is 137 cm³/mol. The molecule has 0 N–H and O–H groups in total. The first-order chi connectivity index (χ1) is 16.8. The maximum absolute atomic E-state index is 13.4. The van der Waals surface area contributed by atoms with E-state index >= 15 is 0 Å². The van der Waals surface area contributed by atoms with E-state index in [-0.39, 0.29) is 22.0 Å². The second-order valence-corrected chi connectivity index (χ2v) is 9.62. The Labute approximate surface area is 210 Å². The highest BCUT2D eigenvalue weighted by Crippen LogP contribution is 2.27. The van der Waals surface area contributed by atoms with Gasteiger partial charge < -0.3 is 9.64 Å². The molecule has 0 bridgehead atoms. The van der Waals surface area contributed by atoms with Crippen LogP contribution in [-0.4, -0.2) is 40.0 Å². The molecule has 0 spiro atoms. The summed E-state index contributed by atoms with van der Waals surface area (Å²) in [5.41, 5.74) is 0.956. The predicted octanol–water partition coefficient (Wildman–Crippen LogP) is 4.93. The topological polar surface area (TPSA) is 84.0 Å². The van der Waals surface area contributed by atoms with E-state index in [1.54, 1.807) is 61.5 Å². The van der Waals surface area contributed by atoms with Gasteiger partial charge in [0, 0.05) is 12.2 Å². The largest absolute Gasteiger partial charge is 0.452 e. The number of esters is 1. The van der Waals surface area contributed by atoms with Crippen LogP contribution >= 0.6 is 11.6 Å². The van der Waals surface area contributed by atoms with Crippen LogP contribution in [0.2, 0.25) is 5.02 Å². The van der Waals surface area contributed by atoms with Gasteiger partial charge in [-0.05, 0) is 49.4 Å². The SMILES string of the molecule is C=CCN(c1ccccc1)S(=O)(=O)c1ccc(Cl)c(C(=O)OCC(=O)N(CC)c2ccccc2)c1. The molecule has 0 saturated heterocycles. The Morgan fingerprint density at radius 2 is 1.57 bits per heavy atom. The Morgan fingerprint density at radius 3 is 2.14 bits per heavy atom. The number of halogens is 1. The van der Waals surface area contributed by atoms with E-state index in [2.05, 4.69) is 6.58 Å². The fourth-order valence-electron chi connectivity index (χ4n) is 3.40. The molecule has 182 valence electrons. The molecule has 0 aliphatic rings. The molecule has 0 aromatic heterocycles. The number of carbonyl (C=O) groups excluding carboxylic acids is 2. The van der Waals surface area contributed by atoms with Crippen molar-refractivity contribution in [2.45, 2.75) is 11.8 Å². The van der Waals surface area contributed by atoms with Gasteiger partial charge in [0.05, 0.1) is 27.7 Å². The lowest BCUT2D eigenvalue weighted by Crippen LogP contribution is -2.34. The molecule has 3 rings (SSSR count). The highest BCUT2D eigenvalue weighted by Gasteiger charge is 2.26.